The zero-order valence-electron chi connectivity index (χ0n) is 24.2. The van der Waals surface area contributed by atoms with E-state index in [-0.39, 0.29) is 35.7 Å². The van der Waals surface area contributed by atoms with Gasteiger partial charge in [0.25, 0.3) is 5.91 Å². The molecule has 6 rings (SSSR count). The maximum atomic E-state index is 13.4. The van der Waals surface area contributed by atoms with Crippen molar-refractivity contribution >= 4 is 49.6 Å². The van der Waals surface area contributed by atoms with Gasteiger partial charge in [-0.2, -0.15) is 0 Å². The second-order valence-electron chi connectivity index (χ2n) is 10.6. The van der Waals surface area contributed by atoms with Crippen LogP contribution in [0.1, 0.15) is 27.2 Å². The van der Waals surface area contributed by atoms with E-state index < -0.39 is 17.4 Å². The number of carbonyl (C=O) groups is 2. The van der Waals surface area contributed by atoms with Crippen molar-refractivity contribution in [1.82, 2.24) is 15.6 Å². The van der Waals surface area contributed by atoms with Crippen LogP contribution in [-0.2, 0) is 24.2 Å². The third-order valence-electron chi connectivity index (χ3n) is 7.52. The number of ether oxygens (including phenoxy) is 1. The first kappa shape index (κ1) is 29.9. The fraction of sp³-hybridized carbons (Fsp3) is 0.139. The van der Waals surface area contributed by atoms with Crippen LogP contribution >= 0.6 is 15.9 Å². The van der Waals surface area contributed by atoms with Crippen LogP contribution < -0.4 is 20.8 Å². The lowest BCUT2D eigenvalue weighted by Crippen LogP contribution is -2.48. The molecule has 0 fully saturated rings. The highest BCUT2D eigenvalue weighted by molar-refractivity contribution is 9.10. The predicted octanol–water partition coefficient (Wildman–Crippen LogP) is 6.32. The monoisotopic (exact) mass is 663 g/mol. The van der Waals surface area contributed by atoms with Crippen molar-refractivity contribution in [2.24, 2.45) is 0 Å². The largest absolute Gasteiger partial charge is 0.488 e. The molecule has 0 saturated carbocycles. The van der Waals surface area contributed by atoms with Crippen LogP contribution in [0.3, 0.4) is 0 Å². The first-order valence-electron chi connectivity index (χ1n) is 14.6. The number of benzene rings is 4. The maximum absolute atomic E-state index is 13.4. The highest BCUT2D eigenvalue weighted by Gasteiger charge is 2.24. The summed E-state index contributed by atoms with van der Waals surface area (Å²) in [6.45, 7) is 0.639. The van der Waals surface area contributed by atoms with Gasteiger partial charge in [0.15, 0.2) is 11.2 Å². The van der Waals surface area contributed by atoms with Gasteiger partial charge >= 0.3 is 0 Å². The van der Waals surface area contributed by atoms with Crippen LogP contribution in [0.25, 0.3) is 21.9 Å². The fourth-order valence-corrected chi connectivity index (χ4v) is 5.49. The second-order valence-corrected chi connectivity index (χ2v) is 11.6. The molecule has 226 valence electrons. The SMILES string of the molecule is O=C(NC(Cc1ccccc1)C(=O)NCCc1c[nH]c2ccccc12)c1cc(=O)c2c(OCc3ccc(Br)cc3)cccc2o1. The van der Waals surface area contributed by atoms with Crippen molar-refractivity contribution in [2.45, 2.75) is 25.5 Å². The van der Waals surface area contributed by atoms with E-state index >= 15 is 0 Å². The van der Waals surface area contributed by atoms with Gasteiger partial charge in [-0.15, -0.1) is 0 Å². The molecular weight excluding hydrogens is 634 g/mol. The Morgan fingerprint density at radius 3 is 2.49 bits per heavy atom. The van der Waals surface area contributed by atoms with Gasteiger partial charge in [0, 0.05) is 40.6 Å². The Labute approximate surface area is 267 Å². The van der Waals surface area contributed by atoms with Crippen molar-refractivity contribution in [3.8, 4) is 5.75 Å². The zero-order chi connectivity index (χ0) is 31.2. The fourth-order valence-electron chi connectivity index (χ4n) is 5.22. The number of carbonyl (C=O) groups excluding carboxylic acids is 2. The third-order valence-corrected chi connectivity index (χ3v) is 8.05. The summed E-state index contributed by atoms with van der Waals surface area (Å²) in [4.78, 5) is 43.3. The van der Waals surface area contributed by atoms with Crippen LogP contribution in [0.15, 0.2) is 123 Å². The molecular formula is C36H30BrN3O5. The van der Waals surface area contributed by atoms with Gasteiger partial charge in [-0.05, 0) is 53.4 Å². The molecule has 6 aromatic rings. The number of fused-ring (bicyclic) bond motifs is 2. The Morgan fingerprint density at radius 2 is 1.67 bits per heavy atom. The number of nitrogens with one attached hydrogen (secondary N) is 3. The molecule has 2 aromatic heterocycles. The van der Waals surface area contributed by atoms with E-state index in [9.17, 15) is 14.4 Å². The van der Waals surface area contributed by atoms with Gasteiger partial charge in [-0.25, -0.2) is 0 Å². The molecule has 2 amide bonds. The van der Waals surface area contributed by atoms with Crippen molar-refractivity contribution in [1.29, 1.82) is 0 Å². The number of H-pyrrole nitrogens is 1. The summed E-state index contributed by atoms with van der Waals surface area (Å²) in [5.41, 5.74) is 3.72. The average Bonchev–Trinajstić information content (AvgIpc) is 3.47. The summed E-state index contributed by atoms with van der Waals surface area (Å²) in [6, 6.07) is 30.3. The molecule has 0 aliphatic rings. The standard InChI is InChI=1S/C36H30BrN3O5/c37-26-15-13-24(14-16-26)22-44-31-11-6-12-32-34(31)30(41)20-33(45-32)36(43)40-29(19-23-7-2-1-3-8-23)35(42)38-18-17-25-21-39-28-10-5-4-9-27(25)28/h1-16,20-21,29,39H,17-19,22H2,(H,38,42)(H,40,43). The summed E-state index contributed by atoms with van der Waals surface area (Å²) in [6.07, 6.45) is 2.82. The van der Waals surface area contributed by atoms with Crippen molar-refractivity contribution < 1.29 is 18.7 Å². The molecule has 3 N–H and O–H groups in total. The van der Waals surface area contributed by atoms with E-state index in [4.69, 9.17) is 9.15 Å². The molecule has 1 unspecified atom stereocenters. The van der Waals surface area contributed by atoms with Crippen LogP contribution in [0.5, 0.6) is 5.75 Å². The number of hydrogen-bond acceptors (Lipinski definition) is 5. The van der Waals surface area contributed by atoms with E-state index in [1.54, 1.807) is 18.2 Å². The van der Waals surface area contributed by atoms with Crippen molar-refractivity contribution in [3.63, 3.8) is 0 Å². The first-order chi connectivity index (χ1) is 21.9. The molecule has 8 nitrogen and oxygen atoms in total. The molecule has 0 radical (unpaired) electrons. The summed E-state index contributed by atoms with van der Waals surface area (Å²) in [5.74, 6) is -0.837. The summed E-state index contributed by atoms with van der Waals surface area (Å²) < 4.78 is 12.8. The van der Waals surface area contributed by atoms with Gasteiger partial charge in [0.1, 0.15) is 29.4 Å². The molecule has 45 heavy (non-hydrogen) atoms. The molecule has 0 saturated heterocycles. The number of halogens is 1. The quantitative estimate of drug-likeness (QED) is 0.150. The molecule has 0 spiro atoms. The number of hydrogen-bond donors (Lipinski definition) is 3. The van der Waals surface area contributed by atoms with E-state index in [1.165, 1.54) is 0 Å². The van der Waals surface area contributed by atoms with Crippen LogP contribution in [0.2, 0.25) is 0 Å². The highest BCUT2D eigenvalue weighted by atomic mass is 79.9. The maximum Gasteiger partial charge on any atom is 0.287 e. The van der Waals surface area contributed by atoms with Gasteiger partial charge < -0.3 is 24.8 Å². The predicted molar refractivity (Wildman–Crippen MR) is 177 cm³/mol. The Bertz CT molecular complexity index is 2020. The van der Waals surface area contributed by atoms with Crippen LogP contribution in [0.4, 0.5) is 0 Å². The topological polar surface area (TPSA) is 113 Å². The Morgan fingerprint density at radius 1 is 0.889 bits per heavy atom. The Hall–Kier alpha value is -5.15. The number of para-hydroxylation sites is 1. The Kier molecular flexibility index (Phi) is 9.07. The van der Waals surface area contributed by atoms with Crippen molar-refractivity contribution in [3.05, 3.63) is 146 Å². The van der Waals surface area contributed by atoms with E-state index in [2.05, 4.69) is 31.5 Å². The van der Waals surface area contributed by atoms with Crippen LogP contribution in [0, 0.1) is 0 Å². The summed E-state index contributed by atoms with van der Waals surface area (Å²) in [7, 11) is 0. The Balaban J connectivity index is 1.17. The van der Waals surface area contributed by atoms with Gasteiger partial charge in [0.2, 0.25) is 5.91 Å². The lowest BCUT2D eigenvalue weighted by atomic mass is 10.0. The van der Waals surface area contributed by atoms with Crippen LogP contribution in [-0.4, -0.2) is 29.4 Å². The lowest BCUT2D eigenvalue weighted by Gasteiger charge is -2.18. The molecule has 9 heteroatoms. The highest BCUT2D eigenvalue weighted by Crippen LogP contribution is 2.25. The third kappa shape index (κ3) is 7.16. The summed E-state index contributed by atoms with van der Waals surface area (Å²) in [5, 5.41) is 7.09. The number of rotatable bonds is 11. The first-order valence-corrected chi connectivity index (χ1v) is 15.4. The second kappa shape index (κ2) is 13.7. The minimum absolute atomic E-state index is 0.192. The van der Waals surface area contributed by atoms with Gasteiger partial charge in [-0.3, -0.25) is 14.4 Å². The summed E-state index contributed by atoms with van der Waals surface area (Å²) >= 11 is 3.42. The number of aromatic nitrogens is 1. The zero-order valence-corrected chi connectivity index (χ0v) is 25.8. The number of amides is 2. The smallest absolute Gasteiger partial charge is 0.287 e. The normalized spacial score (nSPS) is 11.8. The minimum atomic E-state index is -0.899. The van der Waals surface area contributed by atoms with E-state index in [0.29, 0.717) is 18.7 Å². The average molecular weight is 665 g/mol. The molecule has 4 aromatic carbocycles. The molecule has 2 heterocycles. The van der Waals surface area contributed by atoms with E-state index in [0.717, 1.165) is 38.1 Å². The lowest BCUT2D eigenvalue weighted by molar-refractivity contribution is -0.122. The van der Waals surface area contributed by atoms with Gasteiger partial charge in [-0.1, -0.05) is 82.7 Å². The molecule has 0 bridgehead atoms. The molecule has 0 aliphatic carbocycles. The van der Waals surface area contributed by atoms with Gasteiger partial charge in [0.05, 0.1) is 0 Å². The number of aromatic amines is 1. The minimum Gasteiger partial charge on any atom is -0.488 e. The molecule has 1 atom stereocenters. The molecule has 0 aliphatic heterocycles. The van der Waals surface area contributed by atoms with E-state index in [1.807, 2.05) is 85.1 Å². The van der Waals surface area contributed by atoms with Crippen molar-refractivity contribution in [2.75, 3.05) is 6.54 Å².